The van der Waals surface area contributed by atoms with Crippen molar-refractivity contribution in [2.75, 3.05) is 0 Å². The van der Waals surface area contributed by atoms with E-state index in [4.69, 9.17) is 16.7 Å². The molecule has 1 aromatic heterocycles. The molecule has 1 aliphatic rings. The molecule has 1 fully saturated rings. The van der Waals surface area contributed by atoms with Crippen molar-refractivity contribution in [2.24, 2.45) is 11.8 Å². The van der Waals surface area contributed by atoms with Gasteiger partial charge in [0.05, 0.1) is 5.56 Å². The van der Waals surface area contributed by atoms with Gasteiger partial charge in [-0.3, -0.25) is 0 Å². The summed E-state index contributed by atoms with van der Waals surface area (Å²) in [7, 11) is 0. The van der Waals surface area contributed by atoms with Gasteiger partial charge in [0.1, 0.15) is 5.15 Å². The van der Waals surface area contributed by atoms with Gasteiger partial charge in [0, 0.05) is 6.20 Å². The maximum atomic E-state index is 10.9. The quantitative estimate of drug-likeness (QED) is 0.759. The Bertz CT molecular complexity index is 697. The summed E-state index contributed by atoms with van der Waals surface area (Å²) >= 11 is 5.87. The molecule has 0 amide bonds. The number of carbonyl (C=O) groups is 1. The van der Waals surface area contributed by atoms with Gasteiger partial charge < -0.3 is 5.11 Å². The lowest BCUT2D eigenvalue weighted by Gasteiger charge is -2.19. The van der Waals surface area contributed by atoms with Crippen molar-refractivity contribution >= 4 is 17.6 Å². The SMILES string of the molecule is C[C@H](c1ccc(Cl)nc1)[C@H]1CC[C@@H](Cc2ccc(C(=O)O)cc2)C1. The molecule has 1 aliphatic carbocycles. The summed E-state index contributed by atoms with van der Waals surface area (Å²) in [5, 5.41) is 9.51. The van der Waals surface area contributed by atoms with E-state index < -0.39 is 5.97 Å². The van der Waals surface area contributed by atoms with Crippen LogP contribution in [0.2, 0.25) is 5.15 Å². The van der Waals surface area contributed by atoms with Gasteiger partial charge in [-0.05, 0) is 72.8 Å². The third kappa shape index (κ3) is 3.96. The Hall–Kier alpha value is -1.87. The molecular formula is C20H22ClNO2. The van der Waals surface area contributed by atoms with Crippen molar-refractivity contribution in [1.29, 1.82) is 0 Å². The minimum absolute atomic E-state index is 0.354. The fourth-order valence-corrected chi connectivity index (χ4v) is 3.91. The molecule has 0 saturated heterocycles. The van der Waals surface area contributed by atoms with Crippen LogP contribution in [0.15, 0.2) is 42.6 Å². The minimum Gasteiger partial charge on any atom is -0.478 e. The predicted molar refractivity (Wildman–Crippen MR) is 95.6 cm³/mol. The zero-order chi connectivity index (χ0) is 17.1. The number of benzene rings is 1. The molecule has 4 heteroatoms. The van der Waals surface area contributed by atoms with E-state index in [-0.39, 0.29) is 0 Å². The van der Waals surface area contributed by atoms with E-state index in [1.807, 2.05) is 24.4 Å². The standard InChI is InChI=1S/C20H22ClNO2/c1-13(18-8-9-19(21)22-12-18)17-7-4-15(11-17)10-14-2-5-16(6-3-14)20(23)24/h2-3,5-6,8-9,12-13,15,17H,4,7,10-11H2,1H3,(H,23,24)/t13-,15-,17-/m0/s1. The Morgan fingerprint density at radius 1 is 1.25 bits per heavy atom. The molecule has 0 aliphatic heterocycles. The molecule has 0 spiro atoms. The van der Waals surface area contributed by atoms with Gasteiger partial charge in [-0.1, -0.05) is 36.7 Å². The smallest absolute Gasteiger partial charge is 0.335 e. The second-order valence-electron chi connectivity index (χ2n) is 6.85. The third-order valence-corrected chi connectivity index (χ3v) is 5.51. The Balaban J connectivity index is 1.58. The first-order valence-corrected chi connectivity index (χ1v) is 8.84. The summed E-state index contributed by atoms with van der Waals surface area (Å²) in [6.07, 6.45) is 6.61. The highest BCUT2D eigenvalue weighted by molar-refractivity contribution is 6.29. The molecule has 2 aromatic rings. The monoisotopic (exact) mass is 343 g/mol. The molecule has 3 atom stereocenters. The van der Waals surface area contributed by atoms with E-state index >= 15 is 0 Å². The Kier molecular flexibility index (Phi) is 5.20. The van der Waals surface area contributed by atoms with E-state index in [2.05, 4.69) is 18.0 Å². The number of nitrogens with zero attached hydrogens (tertiary/aromatic N) is 1. The number of aromatic nitrogens is 1. The van der Waals surface area contributed by atoms with Crippen LogP contribution in [0.5, 0.6) is 0 Å². The summed E-state index contributed by atoms with van der Waals surface area (Å²) in [6, 6.07) is 11.2. The summed E-state index contributed by atoms with van der Waals surface area (Å²) < 4.78 is 0. The number of carboxylic acids is 1. The van der Waals surface area contributed by atoms with Crippen molar-refractivity contribution in [3.05, 3.63) is 64.4 Å². The number of hydrogen-bond acceptors (Lipinski definition) is 2. The van der Waals surface area contributed by atoms with Gasteiger partial charge in [0.15, 0.2) is 0 Å². The Morgan fingerprint density at radius 2 is 2.00 bits per heavy atom. The highest BCUT2D eigenvalue weighted by Gasteiger charge is 2.29. The maximum Gasteiger partial charge on any atom is 0.335 e. The van der Waals surface area contributed by atoms with Crippen LogP contribution in [0, 0.1) is 11.8 Å². The summed E-state index contributed by atoms with van der Waals surface area (Å²) in [6.45, 7) is 2.28. The number of halogens is 1. The van der Waals surface area contributed by atoms with Gasteiger partial charge in [-0.25, -0.2) is 9.78 Å². The van der Waals surface area contributed by atoms with Crippen molar-refractivity contribution in [3.8, 4) is 0 Å². The lowest BCUT2D eigenvalue weighted by molar-refractivity contribution is 0.0697. The van der Waals surface area contributed by atoms with Crippen LogP contribution in [-0.4, -0.2) is 16.1 Å². The average Bonchev–Trinajstić information content (AvgIpc) is 3.04. The second-order valence-corrected chi connectivity index (χ2v) is 7.24. The van der Waals surface area contributed by atoms with Gasteiger partial charge >= 0.3 is 5.97 Å². The summed E-state index contributed by atoms with van der Waals surface area (Å²) in [5.74, 6) is 0.978. The lowest BCUT2D eigenvalue weighted by Crippen LogP contribution is -2.08. The van der Waals surface area contributed by atoms with Crippen LogP contribution in [0.1, 0.15) is 53.6 Å². The van der Waals surface area contributed by atoms with Crippen molar-refractivity contribution in [3.63, 3.8) is 0 Å². The fourth-order valence-electron chi connectivity index (χ4n) is 3.80. The molecule has 0 bridgehead atoms. The zero-order valence-corrected chi connectivity index (χ0v) is 14.5. The molecule has 126 valence electrons. The molecule has 24 heavy (non-hydrogen) atoms. The minimum atomic E-state index is -0.868. The second kappa shape index (κ2) is 7.35. The van der Waals surface area contributed by atoms with Gasteiger partial charge in [-0.2, -0.15) is 0 Å². The first kappa shape index (κ1) is 17.0. The van der Waals surface area contributed by atoms with Crippen LogP contribution in [0.25, 0.3) is 0 Å². The van der Waals surface area contributed by atoms with Crippen molar-refractivity contribution < 1.29 is 9.90 Å². The van der Waals surface area contributed by atoms with Gasteiger partial charge in [0.2, 0.25) is 0 Å². The number of aromatic carboxylic acids is 1. The lowest BCUT2D eigenvalue weighted by atomic mass is 9.86. The van der Waals surface area contributed by atoms with Crippen LogP contribution in [-0.2, 0) is 6.42 Å². The molecule has 3 nitrogen and oxygen atoms in total. The van der Waals surface area contributed by atoms with Crippen molar-refractivity contribution in [1.82, 2.24) is 4.98 Å². The van der Waals surface area contributed by atoms with E-state index in [1.165, 1.54) is 30.4 Å². The zero-order valence-electron chi connectivity index (χ0n) is 13.8. The molecular weight excluding hydrogens is 322 g/mol. The highest BCUT2D eigenvalue weighted by atomic mass is 35.5. The number of pyridine rings is 1. The molecule has 1 heterocycles. The predicted octanol–water partition coefficient (Wildman–Crippen LogP) is 5.20. The highest BCUT2D eigenvalue weighted by Crippen LogP contribution is 2.41. The van der Waals surface area contributed by atoms with Crippen molar-refractivity contribution in [2.45, 2.75) is 38.5 Å². The largest absolute Gasteiger partial charge is 0.478 e. The normalized spacial score (nSPS) is 21.6. The third-order valence-electron chi connectivity index (χ3n) is 5.29. The van der Waals surface area contributed by atoms with Crippen LogP contribution in [0.4, 0.5) is 0 Å². The van der Waals surface area contributed by atoms with Gasteiger partial charge in [0.25, 0.3) is 0 Å². The van der Waals surface area contributed by atoms with Crippen LogP contribution < -0.4 is 0 Å². The van der Waals surface area contributed by atoms with E-state index in [1.54, 1.807) is 12.1 Å². The number of hydrogen-bond donors (Lipinski definition) is 1. The molecule has 1 aromatic carbocycles. The summed E-state index contributed by atoms with van der Waals surface area (Å²) in [5.41, 5.74) is 2.84. The first-order valence-electron chi connectivity index (χ1n) is 8.46. The Labute approximate surface area is 147 Å². The number of rotatable bonds is 5. The Morgan fingerprint density at radius 3 is 2.62 bits per heavy atom. The average molecular weight is 344 g/mol. The molecule has 1 saturated carbocycles. The topological polar surface area (TPSA) is 50.2 Å². The summed E-state index contributed by atoms with van der Waals surface area (Å²) in [4.78, 5) is 15.1. The maximum absolute atomic E-state index is 10.9. The molecule has 1 N–H and O–H groups in total. The molecule has 0 radical (unpaired) electrons. The van der Waals surface area contributed by atoms with E-state index in [0.717, 1.165) is 6.42 Å². The van der Waals surface area contributed by atoms with Gasteiger partial charge in [-0.15, -0.1) is 0 Å². The first-order chi connectivity index (χ1) is 11.5. The fraction of sp³-hybridized carbons (Fsp3) is 0.400. The molecule has 3 rings (SSSR count). The van der Waals surface area contributed by atoms with Crippen LogP contribution >= 0.6 is 11.6 Å². The van der Waals surface area contributed by atoms with E-state index in [9.17, 15) is 4.79 Å². The van der Waals surface area contributed by atoms with E-state index in [0.29, 0.717) is 28.5 Å². The van der Waals surface area contributed by atoms with Crippen LogP contribution in [0.3, 0.4) is 0 Å². The molecule has 0 unspecified atom stereocenters. The number of carboxylic acid groups (broad SMARTS) is 1.